The molecule has 1 amide bonds. The molecule has 6 nitrogen and oxygen atoms in total. The van der Waals surface area contributed by atoms with Crippen molar-refractivity contribution < 1.29 is 9.53 Å². The molecule has 0 fully saturated rings. The summed E-state index contributed by atoms with van der Waals surface area (Å²) in [4.78, 5) is 12.1. The molecule has 0 aliphatic carbocycles. The van der Waals surface area contributed by atoms with Crippen LogP contribution in [0.1, 0.15) is 28.5 Å². The fraction of sp³-hybridized carbons (Fsp3) is 0.267. The van der Waals surface area contributed by atoms with Crippen LogP contribution in [0.15, 0.2) is 29.5 Å². The van der Waals surface area contributed by atoms with Gasteiger partial charge in [0.2, 0.25) is 0 Å². The molecule has 1 aromatic carbocycles. The molecule has 1 heterocycles. The maximum Gasteiger partial charge on any atom is 0.275 e. The molecule has 2 aromatic rings. The van der Waals surface area contributed by atoms with Crippen LogP contribution in [-0.2, 0) is 6.54 Å². The minimum absolute atomic E-state index is 0.327. The van der Waals surface area contributed by atoms with E-state index in [-0.39, 0.29) is 0 Å². The zero-order chi connectivity index (χ0) is 16.1. The third kappa shape index (κ3) is 3.65. The zero-order valence-corrected chi connectivity index (χ0v) is 13.4. The van der Waals surface area contributed by atoms with Crippen LogP contribution >= 0.6 is 11.6 Å². The Bertz CT molecular complexity index is 710. The summed E-state index contributed by atoms with van der Waals surface area (Å²) >= 11 is 5.90. The molecule has 0 aliphatic heterocycles. The van der Waals surface area contributed by atoms with E-state index in [1.165, 1.54) is 13.2 Å². The number of nitrogens with zero attached hydrogens (tertiary/aromatic N) is 3. The fourth-order valence-electron chi connectivity index (χ4n) is 1.90. The van der Waals surface area contributed by atoms with E-state index in [1.54, 1.807) is 23.0 Å². The Hall–Kier alpha value is -2.34. The highest BCUT2D eigenvalue weighted by molar-refractivity contribution is 6.31. The maximum atomic E-state index is 12.1. The first-order chi connectivity index (χ1) is 10.5. The lowest BCUT2D eigenvalue weighted by atomic mass is 10.2. The van der Waals surface area contributed by atoms with Gasteiger partial charge in [0.25, 0.3) is 5.91 Å². The molecular formula is C15H17ClN4O2. The largest absolute Gasteiger partial charge is 0.496 e. The molecule has 2 rings (SSSR count). The van der Waals surface area contributed by atoms with Gasteiger partial charge in [-0.2, -0.15) is 10.2 Å². The molecule has 1 aromatic heterocycles. The van der Waals surface area contributed by atoms with Gasteiger partial charge in [0.05, 0.1) is 24.6 Å². The number of aromatic nitrogens is 2. The van der Waals surface area contributed by atoms with Crippen molar-refractivity contribution in [3.8, 4) is 5.75 Å². The van der Waals surface area contributed by atoms with Crippen LogP contribution in [0.4, 0.5) is 0 Å². The van der Waals surface area contributed by atoms with Gasteiger partial charge >= 0.3 is 0 Å². The van der Waals surface area contributed by atoms with E-state index in [0.29, 0.717) is 16.3 Å². The number of halogens is 1. The van der Waals surface area contributed by atoms with Crippen molar-refractivity contribution in [1.29, 1.82) is 0 Å². The van der Waals surface area contributed by atoms with Crippen molar-refractivity contribution in [2.75, 3.05) is 7.11 Å². The number of carbonyl (C=O) groups excluding carboxylic acids is 1. The second-order valence-corrected chi connectivity index (χ2v) is 5.01. The van der Waals surface area contributed by atoms with Crippen LogP contribution in [-0.4, -0.2) is 29.0 Å². The Morgan fingerprint density at radius 1 is 1.55 bits per heavy atom. The summed E-state index contributed by atoms with van der Waals surface area (Å²) in [5, 5.41) is 8.71. The monoisotopic (exact) mass is 320 g/mol. The standard InChI is InChI=1S/C15H17ClN4O2/c1-4-20-9-11(10(2)19-20)8-17-18-15(21)13-7-12(16)5-6-14(13)22-3/h5-9H,4H2,1-3H3,(H,18,21)/b17-8-. The van der Waals surface area contributed by atoms with Crippen LogP contribution in [0.2, 0.25) is 5.02 Å². The molecule has 116 valence electrons. The van der Waals surface area contributed by atoms with Crippen LogP contribution in [0.3, 0.4) is 0 Å². The molecule has 7 heteroatoms. The number of benzene rings is 1. The third-order valence-corrected chi connectivity index (χ3v) is 3.32. The van der Waals surface area contributed by atoms with Crippen molar-refractivity contribution >= 4 is 23.7 Å². The molecular weight excluding hydrogens is 304 g/mol. The average Bonchev–Trinajstić information content (AvgIpc) is 2.87. The van der Waals surface area contributed by atoms with Crippen LogP contribution in [0.5, 0.6) is 5.75 Å². The SMILES string of the molecule is CCn1cc(/C=N\NC(=O)c2cc(Cl)ccc2OC)c(C)n1. The Kier molecular flexibility index (Phi) is 5.16. The Morgan fingerprint density at radius 2 is 2.32 bits per heavy atom. The van der Waals surface area contributed by atoms with E-state index in [1.807, 2.05) is 20.0 Å². The lowest BCUT2D eigenvalue weighted by Crippen LogP contribution is -2.18. The van der Waals surface area contributed by atoms with E-state index in [2.05, 4.69) is 15.6 Å². The number of rotatable bonds is 5. The number of nitrogens with one attached hydrogen (secondary N) is 1. The van der Waals surface area contributed by atoms with E-state index in [9.17, 15) is 4.79 Å². The molecule has 0 atom stereocenters. The number of hydrogen-bond donors (Lipinski definition) is 1. The highest BCUT2D eigenvalue weighted by Crippen LogP contribution is 2.22. The maximum absolute atomic E-state index is 12.1. The number of ether oxygens (including phenoxy) is 1. The van der Waals surface area contributed by atoms with Crippen LogP contribution in [0.25, 0.3) is 0 Å². The van der Waals surface area contributed by atoms with Crippen molar-refractivity contribution in [2.24, 2.45) is 5.10 Å². The molecule has 0 aliphatic rings. The van der Waals surface area contributed by atoms with Crippen LogP contribution < -0.4 is 10.2 Å². The number of amides is 1. The lowest BCUT2D eigenvalue weighted by Gasteiger charge is -2.07. The van der Waals surface area contributed by atoms with Gasteiger partial charge in [0.15, 0.2) is 0 Å². The topological polar surface area (TPSA) is 68.5 Å². The molecule has 0 radical (unpaired) electrons. The normalized spacial score (nSPS) is 10.9. The first-order valence-electron chi connectivity index (χ1n) is 6.76. The predicted octanol–water partition coefficient (Wildman–Crippen LogP) is 2.64. The summed E-state index contributed by atoms with van der Waals surface area (Å²) < 4.78 is 6.94. The summed E-state index contributed by atoms with van der Waals surface area (Å²) in [7, 11) is 1.49. The smallest absolute Gasteiger partial charge is 0.275 e. The summed E-state index contributed by atoms with van der Waals surface area (Å²) in [6.07, 6.45) is 3.42. The third-order valence-electron chi connectivity index (χ3n) is 3.08. The summed E-state index contributed by atoms with van der Waals surface area (Å²) in [6.45, 7) is 4.66. The van der Waals surface area contributed by atoms with Crippen LogP contribution in [0, 0.1) is 6.92 Å². The summed E-state index contributed by atoms with van der Waals surface area (Å²) in [6, 6.07) is 4.82. The molecule has 0 saturated carbocycles. The summed E-state index contributed by atoms with van der Waals surface area (Å²) in [5.74, 6) is 0.0446. The van der Waals surface area contributed by atoms with Gasteiger partial charge in [-0.15, -0.1) is 0 Å². The molecule has 0 saturated heterocycles. The van der Waals surface area contributed by atoms with Gasteiger partial charge in [-0.05, 0) is 32.0 Å². The number of methoxy groups -OCH3 is 1. The minimum Gasteiger partial charge on any atom is -0.496 e. The molecule has 0 spiro atoms. The second kappa shape index (κ2) is 7.09. The molecule has 1 N–H and O–H groups in total. The highest BCUT2D eigenvalue weighted by Gasteiger charge is 2.12. The summed E-state index contributed by atoms with van der Waals surface area (Å²) in [5.41, 5.74) is 4.48. The van der Waals surface area contributed by atoms with Gasteiger partial charge in [-0.25, -0.2) is 5.43 Å². The number of carbonyl (C=O) groups is 1. The van der Waals surface area contributed by atoms with E-state index < -0.39 is 5.91 Å². The van der Waals surface area contributed by atoms with Gasteiger partial charge in [-0.1, -0.05) is 11.6 Å². The van der Waals surface area contributed by atoms with Gasteiger partial charge in [-0.3, -0.25) is 9.48 Å². The Labute approximate surface area is 133 Å². The van der Waals surface area contributed by atoms with E-state index in [0.717, 1.165) is 17.8 Å². The molecule has 0 unspecified atom stereocenters. The van der Waals surface area contributed by atoms with Crippen molar-refractivity contribution in [2.45, 2.75) is 20.4 Å². The quantitative estimate of drug-likeness (QED) is 0.680. The average molecular weight is 321 g/mol. The van der Waals surface area contributed by atoms with Gasteiger partial charge in [0, 0.05) is 23.3 Å². The number of hydrazone groups is 1. The van der Waals surface area contributed by atoms with Gasteiger partial charge in [0.1, 0.15) is 5.75 Å². The predicted molar refractivity (Wildman–Crippen MR) is 85.7 cm³/mol. The zero-order valence-electron chi connectivity index (χ0n) is 12.6. The fourth-order valence-corrected chi connectivity index (χ4v) is 2.07. The molecule has 0 bridgehead atoms. The van der Waals surface area contributed by atoms with E-state index in [4.69, 9.17) is 16.3 Å². The minimum atomic E-state index is -0.392. The van der Waals surface area contributed by atoms with Crippen molar-refractivity contribution in [3.63, 3.8) is 0 Å². The first-order valence-corrected chi connectivity index (χ1v) is 7.14. The number of hydrogen-bond acceptors (Lipinski definition) is 4. The van der Waals surface area contributed by atoms with Crippen molar-refractivity contribution in [3.05, 3.63) is 46.2 Å². The van der Waals surface area contributed by atoms with E-state index >= 15 is 0 Å². The number of aryl methyl sites for hydroxylation is 2. The first kappa shape index (κ1) is 16.0. The lowest BCUT2D eigenvalue weighted by molar-refractivity contribution is 0.0952. The second-order valence-electron chi connectivity index (χ2n) is 4.57. The Balaban J connectivity index is 2.11. The van der Waals surface area contributed by atoms with Crippen molar-refractivity contribution in [1.82, 2.24) is 15.2 Å². The highest BCUT2D eigenvalue weighted by atomic mass is 35.5. The van der Waals surface area contributed by atoms with Gasteiger partial charge < -0.3 is 4.74 Å². The Morgan fingerprint density at radius 3 is 2.95 bits per heavy atom. The molecule has 22 heavy (non-hydrogen) atoms.